The van der Waals surface area contributed by atoms with Gasteiger partial charge >= 0.3 is 0 Å². The number of nitrogens with zero attached hydrogens (tertiary/aromatic N) is 3. The van der Waals surface area contributed by atoms with Crippen LogP contribution in [-0.4, -0.2) is 49.2 Å². The minimum Gasteiger partial charge on any atom is -0.373 e. The molecular formula is C15H26N4. The van der Waals surface area contributed by atoms with E-state index in [9.17, 15) is 0 Å². The molecule has 1 aliphatic heterocycles. The van der Waals surface area contributed by atoms with Crippen molar-refractivity contribution in [1.82, 2.24) is 9.88 Å². The molecule has 0 saturated carbocycles. The molecular weight excluding hydrogens is 236 g/mol. The van der Waals surface area contributed by atoms with Crippen molar-refractivity contribution >= 4 is 11.5 Å². The van der Waals surface area contributed by atoms with Gasteiger partial charge in [-0.2, -0.15) is 0 Å². The van der Waals surface area contributed by atoms with Crippen molar-refractivity contribution in [3.63, 3.8) is 0 Å². The Morgan fingerprint density at radius 1 is 1.47 bits per heavy atom. The molecule has 1 aliphatic rings. The third-order valence-electron chi connectivity index (χ3n) is 3.93. The molecule has 2 rings (SSSR count). The second kappa shape index (κ2) is 6.75. The van der Waals surface area contributed by atoms with Gasteiger partial charge in [-0.1, -0.05) is 6.92 Å². The van der Waals surface area contributed by atoms with Crippen molar-refractivity contribution in [1.29, 1.82) is 0 Å². The van der Waals surface area contributed by atoms with Gasteiger partial charge in [0, 0.05) is 44.1 Å². The average molecular weight is 262 g/mol. The molecule has 1 unspecified atom stereocenters. The molecule has 0 aromatic carbocycles. The molecule has 0 spiro atoms. The highest BCUT2D eigenvalue weighted by Crippen LogP contribution is 2.21. The summed E-state index contributed by atoms with van der Waals surface area (Å²) in [5.41, 5.74) is 1.24. The third-order valence-corrected chi connectivity index (χ3v) is 3.93. The largest absolute Gasteiger partial charge is 0.373 e. The van der Waals surface area contributed by atoms with Crippen molar-refractivity contribution in [3.8, 4) is 0 Å². The normalized spacial score (nSPS) is 19.6. The summed E-state index contributed by atoms with van der Waals surface area (Å²) in [6.45, 7) is 8.78. The molecule has 0 bridgehead atoms. The SMILES string of the molecule is CCNc1cc(N(C)CC2CCCN2CC)ccn1. The summed E-state index contributed by atoms with van der Waals surface area (Å²) < 4.78 is 0. The lowest BCUT2D eigenvalue weighted by atomic mass is 10.2. The quantitative estimate of drug-likeness (QED) is 0.853. The number of likely N-dealkylation sites (N-methyl/N-ethyl adjacent to an activating group) is 2. The number of rotatable bonds is 6. The molecule has 1 fully saturated rings. The monoisotopic (exact) mass is 262 g/mol. The van der Waals surface area contributed by atoms with Crippen LogP contribution >= 0.6 is 0 Å². The Morgan fingerprint density at radius 2 is 2.32 bits per heavy atom. The molecule has 0 radical (unpaired) electrons. The fourth-order valence-electron chi connectivity index (χ4n) is 2.87. The number of hydrogen-bond acceptors (Lipinski definition) is 4. The van der Waals surface area contributed by atoms with Crippen LogP contribution in [0, 0.1) is 0 Å². The molecule has 4 nitrogen and oxygen atoms in total. The zero-order valence-electron chi connectivity index (χ0n) is 12.4. The van der Waals surface area contributed by atoms with Gasteiger partial charge < -0.3 is 10.2 Å². The second-order valence-corrected chi connectivity index (χ2v) is 5.23. The van der Waals surface area contributed by atoms with E-state index in [4.69, 9.17) is 0 Å². The minimum absolute atomic E-state index is 0.700. The summed E-state index contributed by atoms with van der Waals surface area (Å²) in [6, 6.07) is 4.92. The Bertz CT molecular complexity index is 393. The molecule has 106 valence electrons. The first-order valence-corrected chi connectivity index (χ1v) is 7.39. The third kappa shape index (κ3) is 3.60. The standard InChI is InChI=1S/C15H26N4/c1-4-16-15-11-13(8-9-17-15)18(3)12-14-7-6-10-19(14)5-2/h8-9,11,14H,4-7,10,12H2,1-3H3,(H,16,17). The van der Waals surface area contributed by atoms with E-state index in [1.165, 1.54) is 25.1 Å². The van der Waals surface area contributed by atoms with Crippen LogP contribution in [0.15, 0.2) is 18.3 Å². The smallest absolute Gasteiger partial charge is 0.127 e. The number of nitrogens with one attached hydrogen (secondary N) is 1. The van der Waals surface area contributed by atoms with E-state index in [0.29, 0.717) is 6.04 Å². The maximum Gasteiger partial charge on any atom is 0.127 e. The van der Waals surface area contributed by atoms with E-state index < -0.39 is 0 Å². The Hall–Kier alpha value is -1.29. The fourth-order valence-corrected chi connectivity index (χ4v) is 2.87. The van der Waals surface area contributed by atoms with Gasteiger partial charge in [-0.3, -0.25) is 4.90 Å². The number of likely N-dealkylation sites (tertiary alicyclic amines) is 1. The van der Waals surface area contributed by atoms with E-state index in [2.05, 4.69) is 53.1 Å². The lowest BCUT2D eigenvalue weighted by Gasteiger charge is -2.29. The molecule has 2 heterocycles. The molecule has 1 aromatic heterocycles. The predicted octanol–water partition coefficient (Wildman–Crippen LogP) is 2.43. The molecule has 1 atom stereocenters. The van der Waals surface area contributed by atoms with E-state index in [1.54, 1.807) is 0 Å². The van der Waals surface area contributed by atoms with Gasteiger partial charge in [-0.05, 0) is 38.9 Å². The van der Waals surface area contributed by atoms with Crippen molar-refractivity contribution in [3.05, 3.63) is 18.3 Å². The topological polar surface area (TPSA) is 31.4 Å². The Kier molecular flexibility index (Phi) is 5.02. The molecule has 4 heteroatoms. The zero-order valence-corrected chi connectivity index (χ0v) is 12.4. The number of aromatic nitrogens is 1. The minimum atomic E-state index is 0.700. The van der Waals surface area contributed by atoms with Crippen LogP contribution in [0.4, 0.5) is 11.5 Å². The van der Waals surface area contributed by atoms with Crippen molar-refractivity contribution in [2.75, 3.05) is 43.4 Å². The highest BCUT2D eigenvalue weighted by Gasteiger charge is 2.24. The van der Waals surface area contributed by atoms with Crippen LogP contribution in [0.2, 0.25) is 0 Å². The highest BCUT2D eigenvalue weighted by atomic mass is 15.2. The molecule has 1 saturated heterocycles. The van der Waals surface area contributed by atoms with Gasteiger partial charge in [-0.15, -0.1) is 0 Å². The van der Waals surface area contributed by atoms with Crippen LogP contribution in [0.1, 0.15) is 26.7 Å². The summed E-state index contributed by atoms with van der Waals surface area (Å²) in [4.78, 5) is 9.26. The zero-order chi connectivity index (χ0) is 13.7. The summed E-state index contributed by atoms with van der Waals surface area (Å²) in [7, 11) is 2.18. The van der Waals surface area contributed by atoms with Crippen LogP contribution in [0.25, 0.3) is 0 Å². The first kappa shape index (κ1) is 14.1. The average Bonchev–Trinajstić information content (AvgIpc) is 2.86. The van der Waals surface area contributed by atoms with Gasteiger partial charge in [-0.25, -0.2) is 4.98 Å². The fraction of sp³-hybridized carbons (Fsp3) is 0.667. The molecule has 0 aliphatic carbocycles. The van der Waals surface area contributed by atoms with Crippen LogP contribution < -0.4 is 10.2 Å². The van der Waals surface area contributed by atoms with Crippen LogP contribution in [-0.2, 0) is 0 Å². The maximum absolute atomic E-state index is 4.33. The number of anilines is 2. The van der Waals surface area contributed by atoms with E-state index >= 15 is 0 Å². The molecule has 19 heavy (non-hydrogen) atoms. The van der Waals surface area contributed by atoms with Crippen molar-refractivity contribution < 1.29 is 0 Å². The lowest BCUT2D eigenvalue weighted by Crippen LogP contribution is -2.38. The maximum atomic E-state index is 4.33. The van der Waals surface area contributed by atoms with Gasteiger partial charge in [0.05, 0.1) is 0 Å². The molecule has 1 aromatic rings. The summed E-state index contributed by atoms with van der Waals surface area (Å²) >= 11 is 0. The second-order valence-electron chi connectivity index (χ2n) is 5.23. The number of pyridine rings is 1. The van der Waals surface area contributed by atoms with Crippen LogP contribution in [0.5, 0.6) is 0 Å². The highest BCUT2D eigenvalue weighted by molar-refractivity contribution is 5.53. The van der Waals surface area contributed by atoms with E-state index in [1.807, 2.05) is 6.20 Å². The lowest BCUT2D eigenvalue weighted by molar-refractivity contribution is 0.270. The first-order valence-electron chi connectivity index (χ1n) is 7.39. The Morgan fingerprint density at radius 3 is 3.05 bits per heavy atom. The number of hydrogen-bond donors (Lipinski definition) is 1. The van der Waals surface area contributed by atoms with Gasteiger partial charge in [0.2, 0.25) is 0 Å². The van der Waals surface area contributed by atoms with Crippen LogP contribution in [0.3, 0.4) is 0 Å². The van der Waals surface area contributed by atoms with E-state index in [-0.39, 0.29) is 0 Å². The van der Waals surface area contributed by atoms with Gasteiger partial charge in [0.25, 0.3) is 0 Å². The molecule has 0 amide bonds. The van der Waals surface area contributed by atoms with Crippen molar-refractivity contribution in [2.45, 2.75) is 32.7 Å². The van der Waals surface area contributed by atoms with Gasteiger partial charge in [0.15, 0.2) is 0 Å². The predicted molar refractivity (Wildman–Crippen MR) is 81.9 cm³/mol. The van der Waals surface area contributed by atoms with Gasteiger partial charge in [0.1, 0.15) is 5.82 Å². The summed E-state index contributed by atoms with van der Waals surface area (Å²) in [5, 5.41) is 3.27. The van der Waals surface area contributed by atoms with Crippen molar-refractivity contribution in [2.24, 2.45) is 0 Å². The molecule has 1 N–H and O–H groups in total. The summed E-state index contributed by atoms with van der Waals surface area (Å²) in [6.07, 6.45) is 4.55. The first-order chi connectivity index (χ1) is 9.24. The van der Waals surface area contributed by atoms with E-state index in [0.717, 1.165) is 25.5 Å². The summed E-state index contributed by atoms with van der Waals surface area (Å²) in [5.74, 6) is 0.964. The Balaban J connectivity index is 1.98. The Labute approximate surface area is 116 Å².